The summed E-state index contributed by atoms with van der Waals surface area (Å²) in [5, 5.41) is 8.30. The van der Waals surface area contributed by atoms with E-state index < -0.39 is 0 Å². The fraction of sp³-hybridized carbons (Fsp3) is 0.286. The fourth-order valence-corrected chi connectivity index (χ4v) is 1.95. The van der Waals surface area contributed by atoms with Crippen molar-refractivity contribution in [1.29, 1.82) is 0 Å². The Morgan fingerprint density at radius 1 is 1.06 bits per heavy atom. The molecule has 0 fully saturated rings. The zero-order valence-corrected chi connectivity index (χ0v) is 11.1. The van der Waals surface area contributed by atoms with Gasteiger partial charge >= 0.3 is 0 Å². The first-order valence-electron chi connectivity index (χ1n) is 5.95. The van der Waals surface area contributed by atoms with Gasteiger partial charge in [0.1, 0.15) is 0 Å². The van der Waals surface area contributed by atoms with Crippen LogP contribution < -0.4 is 4.90 Å². The number of benzene rings is 1. The lowest BCUT2D eigenvalue weighted by Gasteiger charge is -2.22. The lowest BCUT2D eigenvalue weighted by Crippen LogP contribution is -2.26. The van der Waals surface area contributed by atoms with Crippen LogP contribution in [0.15, 0.2) is 42.5 Å². The highest BCUT2D eigenvalue weighted by molar-refractivity contribution is 6.18. The van der Waals surface area contributed by atoms with E-state index in [9.17, 15) is 0 Å². The minimum atomic E-state index is 0.572. The molecular weight excluding hydrogens is 246 g/mol. The maximum Gasteiger partial charge on any atom is 0.151 e. The molecule has 0 aliphatic rings. The molecule has 0 aliphatic carbocycles. The van der Waals surface area contributed by atoms with Crippen LogP contribution in [0, 0.1) is 6.92 Å². The molecule has 94 valence electrons. The number of aryl methyl sites for hydroxylation is 1. The van der Waals surface area contributed by atoms with Gasteiger partial charge in [-0.15, -0.1) is 16.7 Å². The molecular formula is C14H16ClN3. The number of anilines is 1. The van der Waals surface area contributed by atoms with E-state index in [1.807, 2.05) is 37.3 Å². The summed E-state index contributed by atoms with van der Waals surface area (Å²) >= 11 is 5.85. The highest BCUT2D eigenvalue weighted by Gasteiger charge is 2.08. The molecule has 4 heteroatoms. The molecule has 0 saturated heterocycles. The molecule has 1 heterocycles. The van der Waals surface area contributed by atoms with Gasteiger partial charge in [0.2, 0.25) is 0 Å². The Labute approximate surface area is 112 Å². The third-order valence-electron chi connectivity index (χ3n) is 2.68. The van der Waals surface area contributed by atoms with Crippen molar-refractivity contribution in [1.82, 2.24) is 10.2 Å². The highest BCUT2D eigenvalue weighted by Crippen LogP contribution is 2.13. The summed E-state index contributed by atoms with van der Waals surface area (Å²) in [6, 6.07) is 14.2. The van der Waals surface area contributed by atoms with Crippen LogP contribution >= 0.6 is 11.6 Å². The van der Waals surface area contributed by atoms with Crippen molar-refractivity contribution in [3.8, 4) is 0 Å². The van der Waals surface area contributed by atoms with Crippen LogP contribution in [0.1, 0.15) is 11.3 Å². The maximum absolute atomic E-state index is 5.85. The van der Waals surface area contributed by atoms with Crippen molar-refractivity contribution >= 4 is 17.4 Å². The zero-order valence-electron chi connectivity index (χ0n) is 10.4. The van der Waals surface area contributed by atoms with E-state index in [1.165, 1.54) is 5.56 Å². The van der Waals surface area contributed by atoms with Gasteiger partial charge < -0.3 is 4.90 Å². The SMILES string of the molecule is Cc1ccc(N(CCCl)Cc2ccccc2)nn1. The molecule has 18 heavy (non-hydrogen) atoms. The number of hydrogen-bond acceptors (Lipinski definition) is 3. The quantitative estimate of drug-likeness (QED) is 0.775. The van der Waals surface area contributed by atoms with Crippen LogP contribution in [0.2, 0.25) is 0 Å². The van der Waals surface area contributed by atoms with Gasteiger partial charge in [-0.1, -0.05) is 30.3 Å². The molecule has 0 spiro atoms. The topological polar surface area (TPSA) is 29.0 Å². The predicted molar refractivity (Wildman–Crippen MR) is 75.0 cm³/mol. The molecule has 0 aliphatic heterocycles. The molecule has 0 bridgehead atoms. The summed E-state index contributed by atoms with van der Waals surface area (Å²) in [5.41, 5.74) is 2.16. The second-order valence-corrected chi connectivity index (χ2v) is 4.51. The predicted octanol–water partition coefficient (Wildman–Crippen LogP) is 3.03. The number of halogens is 1. The summed E-state index contributed by atoms with van der Waals surface area (Å²) in [4.78, 5) is 2.13. The van der Waals surface area contributed by atoms with Crippen LogP contribution in [0.3, 0.4) is 0 Å². The summed E-state index contributed by atoms with van der Waals surface area (Å²) in [5.74, 6) is 1.44. The highest BCUT2D eigenvalue weighted by atomic mass is 35.5. The first-order chi connectivity index (χ1) is 8.79. The zero-order chi connectivity index (χ0) is 12.8. The maximum atomic E-state index is 5.85. The molecule has 0 radical (unpaired) electrons. The normalized spacial score (nSPS) is 10.3. The standard InChI is InChI=1S/C14H16ClN3/c1-12-7-8-14(17-16-12)18(10-9-15)11-13-5-3-2-4-6-13/h2-8H,9-11H2,1H3. The van der Waals surface area contributed by atoms with Gasteiger partial charge in [-0.25, -0.2) is 0 Å². The third-order valence-corrected chi connectivity index (χ3v) is 2.85. The first-order valence-corrected chi connectivity index (χ1v) is 6.48. The Morgan fingerprint density at radius 3 is 2.44 bits per heavy atom. The second-order valence-electron chi connectivity index (χ2n) is 4.13. The van der Waals surface area contributed by atoms with Crippen LogP contribution in [-0.4, -0.2) is 22.6 Å². The third kappa shape index (κ3) is 3.44. The van der Waals surface area contributed by atoms with Crippen molar-refractivity contribution in [2.45, 2.75) is 13.5 Å². The summed E-state index contributed by atoms with van der Waals surface area (Å²) < 4.78 is 0. The van der Waals surface area contributed by atoms with Crippen LogP contribution in [0.4, 0.5) is 5.82 Å². The molecule has 0 unspecified atom stereocenters. The Balaban J connectivity index is 2.15. The molecule has 0 N–H and O–H groups in total. The lowest BCUT2D eigenvalue weighted by atomic mass is 10.2. The van der Waals surface area contributed by atoms with E-state index >= 15 is 0 Å². The average molecular weight is 262 g/mol. The van der Waals surface area contributed by atoms with Crippen LogP contribution in [0.25, 0.3) is 0 Å². The van der Waals surface area contributed by atoms with Crippen molar-refractivity contribution < 1.29 is 0 Å². The number of hydrogen-bond donors (Lipinski definition) is 0. The van der Waals surface area contributed by atoms with Crippen LogP contribution in [-0.2, 0) is 6.54 Å². The summed E-state index contributed by atoms with van der Waals surface area (Å²) in [6.07, 6.45) is 0. The first kappa shape index (κ1) is 12.8. The Bertz CT molecular complexity index is 470. The van der Waals surface area contributed by atoms with Gasteiger partial charge in [0.05, 0.1) is 5.69 Å². The number of alkyl halides is 1. The van der Waals surface area contributed by atoms with Gasteiger partial charge in [-0.3, -0.25) is 0 Å². The van der Waals surface area contributed by atoms with Gasteiger partial charge in [0.25, 0.3) is 0 Å². The molecule has 1 aromatic heterocycles. The molecule has 2 rings (SSSR count). The summed E-state index contributed by atoms with van der Waals surface area (Å²) in [7, 11) is 0. The van der Waals surface area contributed by atoms with Crippen molar-refractivity contribution in [3.05, 3.63) is 53.7 Å². The van der Waals surface area contributed by atoms with E-state index in [0.29, 0.717) is 5.88 Å². The second kappa shape index (κ2) is 6.36. The summed E-state index contributed by atoms with van der Waals surface area (Å²) in [6.45, 7) is 3.49. The van der Waals surface area contributed by atoms with E-state index in [0.717, 1.165) is 24.6 Å². The Hall–Kier alpha value is -1.61. The van der Waals surface area contributed by atoms with Crippen molar-refractivity contribution in [3.63, 3.8) is 0 Å². The van der Waals surface area contributed by atoms with Gasteiger partial charge in [-0.2, -0.15) is 5.10 Å². The Morgan fingerprint density at radius 2 is 1.83 bits per heavy atom. The van der Waals surface area contributed by atoms with E-state index in [4.69, 9.17) is 11.6 Å². The van der Waals surface area contributed by atoms with Crippen LogP contribution in [0.5, 0.6) is 0 Å². The van der Waals surface area contributed by atoms with Crippen molar-refractivity contribution in [2.24, 2.45) is 0 Å². The smallest absolute Gasteiger partial charge is 0.151 e. The Kier molecular flexibility index (Phi) is 4.53. The van der Waals surface area contributed by atoms with E-state index in [-0.39, 0.29) is 0 Å². The van der Waals surface area contributed by atoms with Gasteiger partial charge in [0.15, 0.2) is 5.82 Å². The largest absolute Gasteiger partial charge is 0.350 e. The molecule has 0 saturated carbocycles. The van der Waals surface area contributed by atoms with E-state index in [1.54, 1.807) is 0 Å². The average Bonchev–Trinajstić information content (AvgIpc) is 2.40. The molecule has 2 aromatic rings. The molecule has 0 atom stereocenters. The monoisotopic (exact) mass is 261 g/mol. The minimum absolute atomic E-state index is 0.572. The number of aromatic nitrogens is 2. The number of rotatable bonds is 5. The number of nitrogens with zero attached hydrogens (tertiary/aromatic N) is 3. The fourth-order valence-electron chi connectivity index (χ4n) is 1.74. The minimum Gasteiger partial charge on any atom is -0.350 e. The van der Waals surface area contributed by atoms with Crippen molar-refractivity contribution in [2.75, 3.05) is 17.3 Å². The van der Waals surface area contributed by atoms with Gasteiger partial charge in [0, 0.05) is 19.0 Å². The van der Waals surface area contributed by atoms with E-state index in [2.05, 4.69) is 27.2 Å². The van der Waals surface area contributed by atoms with Gasteiger partial charge in [-0.05, 0) is 24.6 Å². The molecule has 1 aromatic carbocycles. The molecule has 0 amide bonds. The lowest BCUT2D eigenvalue weighted by molar-refractivity contribution is 0.794. The molecule has 3 nitrogen and oxygen atoms in total.